The summed E-state index contributed by atoms with van der Waals surface area (Å²) in [7, 11) is 0. The minimum Gasteiger partial charge on any atom is -0.382 e. The van der Waals surface area contributed by atoms with Crippen molar-refractivity contribution in [2.75, 3.05) is 17.6 Å². The van der Waals surface area contributed by atoms with Gasteiger partial charge in [0.2, 0.25) is 5.95 Å². The quantitative estimate of drug-likeness (QED) is 0.550. The van der Waals surface area contributed by atoms with Gasteiger partial charge in [-0.3, -0.25) is 4.57 Å². The first-order valence-corrected chi connectivity index (χ1v) is 9.14. The molecule has 0 atom stereocenters. The molecule has 2 aromatic heterocycles. The van der Waals surface area contributed by atoms with Crippen LogP contribution in [0.5, 0.6) is 0 Å². The molecule has 0 saturated carbocycles. The fraction of sp³-hybridized carbons (Fsp3) is 0.190. The Kier molecular flexibility index (Phi) is 4.70. The molecule has 0 unspecified atom stereocenters. The molecule has 0 aliphatic rings. The zero-order chi connectivity index (χ0) is 18.6. The lowest BCUT2D eigenvalue weighted by Gasteiger charge is -2.09. The second-order valence-electron chi connectivity index (χ2n) is 6.32. The highest BCUT2D eigenvalue weighted by atomic mass is 15.2. The van der Waals surface area contributed by atoms with Crippen molar-refractivity contribution in [1.82, 2.24) is 19.5 Å². The number of benzene rings is 2. The molecule has 6 nitrogen and oxygen atoms in total. The normalized spacial score (nSPS) is 11.0. The summed E-state index contributed by atoms with van der Waals surface area (Å²) in [4.78, 5) is 13.8. The van der Waals surface area contributed by atoms with Crippen molar-refractivity contribution in [1.29, 1.82) is 0 Å². The molecule has 136 valence electrons. The Bertz CT molecular complexity index is 1040. The zero-order valence-corrected chi connectivity index (χ0v) is 15.3. The minimum absolute atomic E-state index is 0.395. The van der Waals surface area contributed by atoms with Crippen molar-refractivity contribution in [3.8, 4) is 5.69 Å². The number of aromatic nitrogens is 4. The molecule has 0 spiro atoms. The van der Waals surface area contributed by atoms with E-state index in [1.54, 1.807) is 0 Å². The van der Waals surface area contributed by atoms with E-state index < -0.39 is 0 Å². The number of aryl methyl sites for hydroxylation is 1. The Morgan fingerprint density at radius 1 is 0.926 bits per heavy atom. The SMILES string of the molecule is CCc1nc2c(N)nc(NCCc3ccccc3)nc2n1-c1ccccc1. The summed E-state index contributed by atoms with van der Waals surface area (Å²) >= 11 is 0. The number of hydrogen-bond acceptors (Lipinski definition) is 5. The van der Waals surface area contributed by atoms with Gasteiger partial charge in [-0.1, -0.05) is 55.5 Å². The second-order valence-corrected chi connectivity index (χ2v) is 6.32. The van der Waals surface area contributed by atoms with Crippen LogP contribution in [0.25, 0.3) is 16.9 Å². The van der Waals surface area contributed by atoms with Crippen molar-refractivity contribution >= 4 is 22.9 Å². The van der Waals surface area contributed by atoms with E-state index in [0.717, 1.165) is 36.5 Å². The molecule has 0 aliphatic carbocycles. The van der Waals surface area contributed by atoms with Crippen LogP contribution in [-0.2, 0) is 12.8 Å². The number of para-hydroxylation sites is 1. The Hall–Kier alpha value is -3.41. The highest BCUT2D eigenvalue weighted by Gasteiger charge is 2.16. The first-order chi connectivity index (χ1) is 13.3. The molecule has 0 amide bonds. The number of nitrogen functional groups attached to an aromatic ring is 1. The zero-order valence-electron chi connectivity index (χ0n) is 15.3. The predicted molar refractivity (Wildman–Crippen MR) is 109 cm³/mol. The molecular weight excluding hydrogens is 336 g/mol. The van der Waals surface area contributed by atoms with Gasteiger partial charge in [0.15, 0.2) is 17.0 Å². The molecule has 6 heteroatoms. The lowest BCUT2D eigenvalue weighted by Crippen LogP contribution is -2.10. The number of nitrogens with one attached hydrogen (secondary N) is 1. The monoisotopic (exact) mass is 358 g/mol. The minimum atomic E-state index is 0.395. The summed E-state index contributed by atoms with van der Waals surface area (Å²) < 4.78 is 2.05. The third kappa shape index (κ3) is 3.46. The molecule has 0 bridgehead atoms. The molecule has 4 aromatic rings. The van der Waals surface area contributed by atoms with E-state index in [9.17, 15) is 0 Å². The number of imidazole rings is 1. The van der Waals surface area contributed by atoms with Gasteiger partial charge in [0.05, 0.1) is 0 Å². The number of anilines is 2. The molecule has 3 N–H and O–H groups in total. The smallest absolute Gasteiger partial charge is 0.226 e. The van der Waals surface area contributed by atoms with E-state index in [1.807, 2.05) is 48.5 Å². The maximum atomic E-state index is 6.19. The third-order valence-corrected chi connectivity index (χ3v) is 4.47. The van der Waals surface area contributed by atoms with Crippen LogP contribution in [0.15, 0.2) is 60.7 Å². The van der Waals surface area contributed by atoms with E-state index in [1.165, 1.54) is 5.56 Å². The van der Waals surface area contributed by atoms with Gasteiger partial charge in [-0.05, 0) is 24.1 Å². The van der Waals surface area contributed by atoms with Gasteiger partial charge in [-0.2, -0.15) is 9.97 Å². The number of hydrogen-bond donors (Lipinski definition) is 2. The van der Waals surface area contributed by atoms with Crippen molar-refractivity contribution < 1.29 is 0 Å². The molecule has 2 aromatic carbocycles. The summed E-state index contributed by atoms with van der Waals surface area (Å²) in [5, 5.41) is 3.29. The Morgan fingerprint density at radius 3 is 2.33 bits per heavy atom. The first kappa shape index (κ1) is 17.0. The van der Waals surface area contributed by atoms with E-state index in [4.69, 9.17) is 10.7 Å². The third-order valence-electron chi connectivity index (χ3n) is 4.47. The number of fused-ring (bicyclic) bond motifs is 1. The van der Waals surface area contributed by atoms with Crippen molar-refractivity contribution in [2.24, 2.45) is 0 Å². The van der Waals surface area contributed by atoms with Crippen LogP contribution >= 0.6 is 0 Å². The highest BCUT2D eigenvalue weighted by Crippen LogP contribution is 2.24. The van der Waals surface area contributed by atoms with Crippen LogP contribution in [0.3, 0.4) is 0 Å². The number of nitrogens with two attached hydrogens (primary N) is 1. The van der Waals surface area contributed by atoms with E-state index in [0.29, 0.717) is 17.3 Å². The molecule has 0 radical (unpaired) electrons. The van der Waals surface area contributed by atoms with Crippen LogP contribution in [0, 0.1) is 0 Å². The van der Waals surface area contributed by atoms with E-state index in [-0.39, 0.29) is 0 Å². The van der Waals surface area contributed by atoms with Gasteiger partial charge in [-0.15, -0.1) is 0 Å². The molecule has 4 rings (SSSR count). The lowest BCUT2D eigenvalue weighted by molar-refractivity contribution is 0.900. The molecule has 0 saturated heterocycles. The Balaban J connectivity index is 1.67. The number of rotatable bonds is 6. The van der Waals surface area contributed by atoms with Crippen LogP contribution in [0.2, 0.25) is 0 Å². The summed E-state index contributed by atoms with van der Waals surface area (Å²) in [6, 6.07) is 20.4. The lowest BCUT2D eigenvalue weighted by atomic mass is 10.1. The van der Waals surface area contributed by atoms with Gasteiger partial charge in [0.1, 0.15) is 5.82 Å². The summed E-state index contributed by atoms with van der Waals surface area (Å²) in [6.07, 6.45) is 1.67. The molecular formula is C21H22N6. The van der Waals surface area contributed by atoms with Gasteiger partial charge in [0, 0.05) is 18.7 Å². The fourth-order valence-corrected chi connectivity index (χ4v) is 3.15. The average molecular weight is 358 g/mol. The van der Waals surface area contributed by atoms with E-state index in [2.05, 4.69) is 38.9 Å². The molecule has 2 heterocycles. The Labute approximate surface area is 158 Å². The van der Waals surface area contributed by atoms with Crippen molar-refractivity contribution in [2.45, 2.75) is 19.8 Å². The summed E-state index contributed by atoms with van der Waals surface area (Å²) in [5.74, 6) is 1.83. The van der Waals surface area contributed by atoms with Crippen molar-refractivity contribution in [3.05, 3.63) is 72.1 Å². The molecule has 0 aliphatic heterocycles. The van der Waals surface area contributed by atoms with E-state index >= 15 is 0 Å². The first-order valence-electron chi connectivity index (χ1n) is 9.14. The fourth-order valence-electron chi connectivity index (χ4n) is 3.15. The number of nitrogens with zero attached hydrogens (tertiary/aromatic N) is 4. The predicted octanol–water partition coefficient (Wildman–Crippen LogP) is 3.61. The summed E-state index contributed by atoms with van der Waals surface area (Å²) in [6.45, 7) is 2.80. The highest BCUT2D eigenvalue weighted by molar-refractivity contribution is 5.85. The van der Waals surface area contributed by atoms with Crippen LogP contribution in [-0.4, -0.2) is 26.1 Å². The van der Waals surface area contributed by atoms with Gasteiger partial charge in [-0.25, -0.2) is 4.98 Å². The van der Waals surface area contributed by atoms with Crippen LogP contribution < -0.4 is 11.1 Å². The maximum Gasteiger partial charge on any atom is 0.226 e. The van der Waals surface area contributed by atoms with Gasteiger partial charge < -0.3 is 11.1 Å². The largest absolute Gasteiger partial charge is 0.382 e. The van der Waals surface area contributed by atoms with Gasteiger partial charge >= 0.3 is 0 Å². The topological polar surface area (TPSA) is 81.7 Å². The van der Waals surface area contributed by atoms with Crippen LogP contribution in [0.1, 0.15) is 18.3 Å². The maximum absolute atomic E-state index is 6.19. The second kappa shape index (κ2) is 7.45. The average Bonchev–Trinajstić information content (AvgIpc) is 3.09. The van der Waals surface area contributed by atoms with Gasteiger partial charge in [0.25, 0.3) is 0 Å². The Morgan fingerprint density at radius 2 is 1.63 bits per heavy atom. The standard InChI is InChI=1S/C21H22N6/c1-2-17-24-18-19(22)25-21(23-14-13-15-9-5-3-6-10-15)26-20(18)27(17)16-11-7-4-8-12-16/h3-12H,2,13-14H2,1H3,(H3,22,23,25,26). The summed E-state index contributed by atoms with van der Waals surface area (Å²) in [5.41, 5.74) is 9.84. The van der Waals surface area contributed by atoms with Crippen molar-refractivity contribution in [3.63, 3.8) is 0 Å². The molecule has 0 fully saturated rings. The van der Waals surface area contributed by atoms with Crippen LogP contribution in [0.4, 0.5) is 11.8 Å². The molecule has 27 heavy (non-hydrogen) atoms.